The van der Waals surface area contributed by atoms with Crippen LogP contribution in [0.15, 0.2) is 66.7 Å². The molecule has 0 bridgehead atoms. The van der Waals surface area contributed by atoms with Gasteiger partial charge in [0.15, 0.2) is 0 Å². The fraction of sp³-hybridized carbons (Fsp3) is 0.310. The van der Waals surface area contributed by atoms with Crippen LogP contribution in [0.4, 0.5) is 5.69 Å². The second-order valence-electron chi connectivity index (χ2n) is 8.19. The third kappa shape index (κ3) is 5.02. The van der Waals surface area contributed by atoms with Gasteiger partial charge in [0.2, 0.25) is 0 Å². The van der Waals surface area contributed by atoms with Crippen LogP contribution in [-0.2, 0) is 12.8 Å². The molecule has 0 atom stereocenters. The minimum Gasteiger partial charge on any atom is -0.399 e. The predicted molar refractivity (Wildman–Crippen MR) is 133 cm³/mol. The summed E-state index contributed by atoms with van der Waals surface area (Å²) in [4.78, 5) is 0. The van der Waals surface area contributed by atoms with Crippen LogP contribution in [0, 0.1) is 6.92 Å². The number of hydrogen-bond acceptors (Lipinski definition) is 1. The molecule has 0 radical (unpaired) electrons. The van der Waals surface area contributed by atoms with Crippen LogP contribution in [-0.4, -0.2) is 0 Å². The zero-order valence-corrected chi connectivity index (χ0v) is 19.0. The smallest absolute Gasteiger partial charge is 0.0317 e. The second-order valence-corrected chi connectivity index (χ2v) is 8.19. The fourth-order valence-corrected chi connectivity index (χ4v) is 4.23. The Morgan fingerprint density at radius 1 is 0.800 bits per heavy atom. The number of anilines is 1. The third-order valence-corrected chi connectivity index (χ3v) is 5.74. The van der Waals surface area contributed by atoms with E-state index < -0.39 is 0 Å². The average molecular weight is 398 g/mol. The van der Waals surface area contributed by atoms with Gasteiger partial charge >= 0.3 is 0 Å². The first-order chi connectivity index (χ1) is 14.6. The minimum atomic E-state index is 0.834. The van der Waals surface area contributed by atoms with Crippen molar-refractivity contribution in [2.24, 2.45) is 0 Å². The van der Waals surface area contributed by atoms with Crippen LogP contribution in [0.25, 0.3) is 11.1 Å². The molecule has 3 aromatic rings. The molecular weight excluding hydrogens is 362 g/mol. The maximum absolute atomic E-state index is 6.14. The standard InChI is InChI=1S/C29H35N/c1-5-9-22-11-8-12-25(19-22)27(10-6-2)29(24-15-13-21(4)14-16-24)28-18-17-26(30)20-23(28)7-3/h8,11-20H,5-7,9-10,30H2,1-4H3/b29-27+. The van der Waals surface area contributed by atoms with Crippen LogP contribution in [0.3, 0.4) is 0 Å². The Morgan fingerprint density at radius 3 is 2.23 bits per heavy atom. The van der Waals surface area contributed by atoms with Crippen molar-refractivity contribution >= 4 is 16.8 Å². The van der Waals surface area contributed by atoms with Crippen molar-refractivity contribution < 1.29 is 0 Å². The molecule has 156 valence electrons. The zero-order valence-electron chi connectivity index (χ0n) is 19.0. The Hall–Kier alpha value is -2.80. The van der Waals surface area contributed by atoms with E-state index in [0.29, 0.717) is 0 Å². The van der Waals surface area contributed by atoms with E-state index >= 15 is 0 Å². The van der Waals surface area contributed by atoms with Gasteiger partial charge in [-0.15, -0.1) is 0 Å². The van der Waals surface area contributed by atoms with Gasteiger partial charge in [-0.2, -0.15) is 0 Å². The molecule has 0 aliphatic heterocycles. The summed E-state index contributed by atoms with van der Waals surface area (Å²) < 4.78 is 0. The number of nitrogens with two attached hydrogens (primary N) is 1. The molecule has 0 aliphatic rings. The van der Waals surface area contributed by atoms with Gasteiger partial charge in [0.25, 0.3) is 0 Å². The number of aryl methyl sites for hydroxylation is 3. The zero-order chi connectivity index (χ0) is 21.5. The highest BCUT2D eigenvalue weighted by Gasteiger charge is 2.17. The molecule has 0 fully saturated rings. The van der Waals surface area contributed by atoms with Crippen molar-refractivity contribution in [1.29, 1.82) is 0 Å². The molecule has 1 nitrogen and oxygen atoms in total. The van der Waals surface area contributed by atoms with Gasteiger partial charge in [0.1, 0.15) is 0 Å². The van der Waals surface area contributed by atoms with Gasteiger partial charge in [-0.05, 0) is 77.3 Å². The van der Waals surface area contributed by atoms with E-state index in [1.807, 2.05) is 6.07 Å². The lowest BCUT2D eigenvalue weighted by atomic mass is 9.84. The lowest BCUT2D eigenvalue weighted by Crippen LogP contribution is -2.01. The largest absolute Gasteiger partial charge is 0.399 e. The highest BCUT2D eigenvalue weighted by atomic mass is 14.5. The van der Waals surface area contributed by atoms with Crippen molar-refractivity contribution in [3.05, 3.63) is 100 Å². The topological polar surface area (TPSA) is 26.0 Å². The molecule has 3 aromatic carbocycles. The lowest BCUT2D eigenvalue weighted by Gasteiger charge is -2.20. The molecule has 2 N–H and O–H groups in total. The predicted octanol–water partition coefficient (Wildman–Crippen LogP) is 7.85. The molecule has 1 heteroatoms. The van der Waals surface area contributed by atoms with E-state index in [1.54, 1.807) is 0 Å². The molecule has 0 saturated carbocycles. The molecule has 0 aromatic heterocycles. The molecule has 0 spiro atoms. The van der Waals surface area contributed by atoms with E-state index in [9.17, 15) is 0 Å². The average Bonchev–Trinajstić information content (AvgIpc) is 2.75. The van der Waals surface area contributed by atoms with E-state index in [1.165, 1.54) is 50.9 Å². The molecule has 0 aliphatic carbocycles. The summed E-state index contributed by atoms with van der Waals surface area (Å²) in [7, 11) is 0. The summed E-state index contributed by atoms with van der Waals surface area (Å²) in [5, 5.41) is 0. The first-order valence-corrected chi connectivity index (χ1v) is 11.4. The number of allylic oxidation sites excluding steroid dienone is 1. The van der Waals surface area contributed by atoms with Gasteiger partial charge in [0.05, 0.1) is 0 Å². The van der Waals surface area contributed by atoms with Gasteiger partial charge in [0, 0.05) is 5.69 Å². The van der Waals surface area contributed by atoms with Crippen LogP contribution in [0.1, 0.15) is 73.4 Å². The van der Waals surface area contributed by atoms with Gasteiger partial charge in [-0.1, -0.05) is 93.8 Å². The normalized spacial score (nSPS) is 12.0. The van der Waals surface area contributed by atoms with Crippen LogP contribution in [0.5, 0.6) is 0 Å². The van der Waals surface area contributed by atoms with Crippen molar-refractivity contribution in [3.8, 4) is 0 Å². The molecule has 3 rings (SSSR count). The summed E-state index contributed by atoms with van der Waals surface area (Å²) in [6, 6.07) is 24.5. The van der Waals surface area contributed by atoms with E-state index in [4.69, 9.17) is 5.73 Å². The maximum Gasteiger partial charge on any atom is 0.0317 e. The van der Waals surface area contributed by atoms with E-state index in [0.717, 1.165) is 31.4 Å². The molecule has 30 heavy (non-hydrogen) atoms. The van der Waals surface area contributed by atoms with Crippen molar-refractivity contribution in [1.82, 2.24) is 0 Å². The Labute approximate surface area is 182 Å². The monoisotopic (exact) mass is 397 g/mol. The quantitative estimate of drug-likeness (QED) is 0.304. The summed E-state index contributed by atoms with van der Waals surface area (Å²) in [5.41, 5.74) is 17.7. The lowest BCUT2D eigenvalue weighted by molar-refractivity contribution is 0.919. The summed E-state index contributed by atoms with van der Waals surface area (Å²) in [6.45, 7) is 8.88. The maximum atomic E-state index is 6.14. The first-order valence-electron chi connectivity index (χ1n) is 11.4. The summed E-state index contributed by atoms with van der Waals surface area (Å²) in [6.07, 6.45) is 5.41. The Balaban J connectivity index is 2.33. The van der Waals surface area contributed by atoms with Gasteiger partial charge < -0.3 is 5.73 Å². The number of hydrogen-bond donors (Lipinski definition) is 1. The number of nitrogen functional groups attached to an aromatic ring is 1. The highest BCUT2D eigenvalue weighted by molar-refractivity contribution is 5.99. The number of rotatable bonds is 8. The second kappa shape index (κ2) is 10.3. The van der Waals surface area contributed by atoms with E-state index in [-0.39, 0.29) is 0 Å². The Kier molecular flexibility index (Phi) is 7.52. The molecule has 0 unspecified atom stereocenters. The SMILES string of the molecule is CCC/C(=C(/c1ccc(C)cc1)c1ccc(N)cc1CC)c1cccc(CCC)c1. The molecule has 0 saturated heterocycles. The first kappa shape index (κ1) is 21.9. The van der Waals surface area contributed by atoms with Crippen LogP contribution < -0.4 is 5.73 Å². The Bertz CT molecular complexity index is 1010. The fourth-order valence-electron chi connectivity index (χ4n) is 4.23. The van der Waals surface area contributed by atoms with E-state index in [2.05, 4.69) is 88.4 Å². The third-order valence-electron chi connectivity index (χ3n) is 5.74. The van der Waals surface area contributed by atoms with Crippen molar-refractivity contribution in [2.75, 3.05) is 5.73 Å². The molecule has 0 amide bonds. The van der Waals surface area contributed by atoms with Crippen LogP contribution in [0.2, 0.25) is 0 Å². The summed E-state index contributed by atoms with van der Waals surface area (Å²) in [5.74, 6) is 0. The van der Waals surface area contributed by atoms with Gasteiger partial charge in [-0.25, -0.2) is 0 Å². The molecular formula is C29H35N. The number of benzene rings is 3. The minimum absolute atomic E-state index is 0.834. The highest BCUT2D eigenvalue weighted by Crippen LogP contribution is 2.37. The van der Waals surface area contributed by atoms with Crippen molar-refractivity contribution in [3.63, 3.8) is 0 Å². The van der Waals surface area contributed by atoms with Gasteiger partial charge in [-0.3, -0.25) is 0 Å². The molecule has 0 heterocycles. The Morgan fingerprint density at radius 2 is 1.57 bits per heavy atom. The van der Waals surface area contributed by atoms with Crippen molar-refractivity contribution in [2.45, 2.75) is 59.8 Å². The van der Waals surface area contributed by atoms with Crippen LogP contribution >= 0.6 is 0 Å². The summed E-state index contributed by atoms with van der Waals surface area (Å²) >= 11 is 0.